The first-order valence-electron chi connectivity index (χ1n) is 14.2. The van der Waals surface area contributed by atoms with Crippen molar-refractivity contribution >= 4 is 16.7 Å². The molecular formula is C37H30N2O5. The highest BCUT2D eigenvalue weighted by molar-refractivity contribution is 5.89. The number of allylic oxidation sites excluding steroid dienone is 1. The monoisotopic (exact) mass is 582 g/mol. The Labute approximate surface area is 255 Å². The molecule has 5 aromatic carbocycles. The highest BCUT2D eigenvalue weighted by Crippen LogP contribution is 2.45. The number of methoxy groups -OCH3 is 1. The lowest BCUT2D eigenvalue weighted by Gasteiger charge is -2.27. The molecule has 1 aliphatic heterocycles. The second kappa shape index (κ2) is 12.2. The predicted octanol–water partition coefficient (Wildman–Crippen LogP) is 7.10. The maximum absolute atomic E-state index is 12.9. The van der Waals surface area contributed by atoms with Gasteiger partial charge in [0, 0.05) is 11.6 Å². The molecule has 0 aromatic heterocycles. The highest BCUT2D eigenvalue weighted by atomic mass is 16.5. The lowest BCUT2D eigenvalue weighted by molar-refractivity contribution is -0.133. The summed E-state index contributed by atoms with van der Waals surface area (Å²) in [6, 6.07) is 34.8. The summed E-state index contributed by atoms with van der Waals surface area (Å²) in [6.07, 6.45) is 0.112. The molecule has 0 fully saturated rings. The Morgan fingerprint density at radius 1 is 0.932 bits per heavy atom. The summed E-state index contributed by atoms with van der Waals surface area (Å²) < 4.78 is 23.3. The van der Waals surface area contributed by atoms with E-state index in [1.54, 1.807) is 25.3 Å². The van der Waals surface area contributed by atoms with Crippen molar-refractivity contribution in [3.63, 3.8) is 0 Å². The number of hydrogen-bond acceptors (Lipinski definition) is 7. The molecule has 1 heterocycles. The number of carbonyl (C=O) groups is 1. The summed E-state index contributed by atoms with van der Waals surface area (Å²) >= 11 is 0. The van der Waals surface area contributed by atoms with Gasteiger partial charge in [0.1, 0.15) is 29.7 Å². The van der Waals surface area contributed by atoms with Crippen molar-refractivity contribution in [3.8, 4) is 29.1 Å². The molecule has 0 saturated carbocycles. The molecule has 44 heavy (non-hydrogen) atoms. The lowest BCUT2D eigenvalue weighted by Crippen LogP contribution is -2.21. The van der Waals surface area contributed by atoms with E-state index in [2.05, 4.69) is 6.07 Å². The number of rotatable bonds is 8. The van der Waals surface area contributed by atoms with Crippen LogP contribution in [0.4, 0.5) is 0 Å². The Kier molecular flexibility index (Phi) is 7.90. The lowest BCUT2D eigenvalue weighted by atomic mass is 9.83. The average molecular weight is 583 g/mol. The molecule has 7 nitrogen and oxygen atoms in total. The number of hydrogen-bond donors (Lipinski definition) is 1. The summed E-state index contributed by atoms with van der Waals surface area (Å²) in [7, 11) is 1.57. The van der Waals surface area contributed by atoms with Crippen LogP contribution in [0.2, 0.25) is 0 Å². The van der Waals surface area contributed by atoms with Gasteiger partial charge >= 0.3 is 5.97 Å². The number of fused-ring (bicyclic) bond motifs is 2. The Balaban J connectivity index is 1.24. The van der Waals surface area contributed by atoms with Crippen molar-refractivity contribution < 1.29 is 23.7 Å². The fourth-order valence-electron chi connectivity index (χ4n) is 5.44. The topological polar surface area (TPSA) is 104 Å². The number of nitrogens with two attached hydrogens (primary N) is 1. The Hall–Kier alpha value is -5.74. The molecule has 0 saturated heterocycles. The second-order valence-electron chi connectivity index (χ2n) is 10.6. The fraction of sp³-hybridized carbons (Fsp3) is 0.135. The fourth-order valence-corrected chi connectivity index (χ4v) is 5.44. The van der Waals surface area contributed by atoms with Crippen LogP contribution >= 0.6 is 0 Å². The van der Waals surface area contributed by atoms with Gasteiger partial charge in [-0.05, 0) is 52.6 Å². The van der Waals surface area contributed by atoms with E-state index in [0.29, 0.717) is 35.2 Å². The van der Waals surface area contributed by atoms with Crippen LogP contribution in [0.15, 0.2) is 115 Å². The number of nitrogens with zero attached hydrogens (tertiary/aromatic N) is 1. The van der Waals surface area contributed by atoms with Crippen LogP contribution in [0.1, 0.15) is 33.7 Å². The van der Waals surface area contributed by atoms with Crippen molar-refractivity contribution in [1.82, 2.24) is 0 Å². The van der Waals surface area contributed by atoms with Gasteiger partial charge in [0.05, 0.1) is 19.4 Å². The van der Waals surface area contributed by atoms with Gasteiger partial charge in [-0.2, -0.15) is 5.26 Å². The van der Waals surface area contributed by atoms with Crippen molar-refractivity contribution in [3.05, 3.63) is 142 Å². The molecule has 7 heteroatoms. The maximum Gasteiger partial charge on any atom is 0.315 e. The van der Waals surface area contributed by atoms with Crippen LogP contribution in [-0.4, -0.2) is 13.1 Å². The summed E-state index contributed by atoms with van der Waals surface area (Å²) in [4.78, 5) is 12.9. The number of benzene rings is 5. The molecular weight excluding hydrogens is 552 g/mol. The molecule has 0 spiro atoms. The van der Waals surface area contributed by atoms with Crippen molar-refractivity contribution in [2.75, 3.05) is 7.11 Å². The molecule has 0 radical (unpaired) electrons. The second-order valence-corrected chi connectivity index (χ2v) is 10.6. The van der Waals surface area contributed by atoms with E-state index in [0.717, 1.165) is 27.5 Å². The first kappa shape index (κ1) is 28.4. The van der Waals surface area contributed by atoms with Crippen LogP contribution in [0, 0.1) is 18.3 Å². The Morgan fingerprint density at radius 3 is 2.52 bits per heavy atom. The Bertz CT molecular complexity index is 1930. The van der Waals surface area contributed by atoms with Crippen LogP contribution in [-0.2, 0) is 17.8 Å². The zero-order chi connectivity index (χ0) is 30.6. The third-order valence-electron chi connectivity index (χ3n) is 7.67. The zero-order valence-corrected chi connectivity index (χ0v) is 24.4. The minimum absolute atomic E-state index is 0.0112. The minimum atomic E-state index is -0.524. The smallest absolute Gasteiger partial charge is 0.315 e. The quantitative estimate of drug-likeness (QED) is 0.154. The van der Waals surface area contributed by atoms with E-state index < -0.39 is 11.9 Å². The third-order valence-corrected chi connectivity index (χ3v) is 7.67. The number of aryl methyl sites for hydroxylation is 1. The summed E-state index contributed by atoms with van der Waals surface area (Å²) in [5, 5.41) is 12.1. The third kappa shape index (κ3) is 5.79. The van der Waals surface area contributed by atoms with E-state index >= 15 is 0 Å². The van der Waals surface area contributed by atoms with E-state index in [1.165, 1.54) is 5.56 Å². The van der Waals surface area contributed by atoms with Gasteiger partial charge in [0.25, 0.3) is 0 Å². The van der Waals surface area contributed by atoms with Crippen LogP contribution in [0.5, 0.6) is 23.0 Å². The summed E-state index contributed by atoms with van der Waals surface area (Å²) in [5.74, 6) is 0.887. The first-order valence-corrected chi connectivity index (χ1v) is 14.2. The van der Waals surface area contributed by atoms with Crippen molar-refractivity contribution in [2.45, 2.75) is 25.9 Å². The highest BCUT2D eigenvalue weighted by Gasteiger charge is 2.32. The maximum atomic E-state index is 12.9. The summed E-state index contributed by atoms with van der Waals surface area (Å²) in [5.41, 5.74) is 11.1. The number of esters is 1. The van der Waals surface area contributed by atoms with Gasteiger partial charge in [-0.1, -0.05) is 84.4 Å². The van der Waals surface area contributed by atoms with Gasteiger partial charge in [-0.25, -0.2) is 0 Å². The molecule has 0 aliphatic carbocycles. The predicted molar refractivity (Wildman–Crippen MR) is 168 cm³/mol. The minimum Gasteiger partial charge on any atom is -0.493 e. The standard InChI is InChI=1S/C37H30N2O5/c1-23-10-12-24(13-11-23)22-42-32-17-14-27(18-34(32)41-2)36-30-16-15-28(20-33(30)44-37(39)31(36)21-38)43-35(40)19-26-8-5-7-25-6-3-4-9-29(25)26/h3-18,20,36H,19,22,39H2,1-2H3. The van der Waals surface area contributed by atoms with E-state index in [9.17, 15) is 10.1 Å². The van der Waals surface area contributed by atoms with Crippen LogP contribution in [0.25, 0.3) is 10.8 Å². The number of nitriles is 1. The van der Waals surface area contributed by atoms with E-state index in [1.807, 2.05) is 91.9 Å². The van der Waals surface area contributed by atoms with Crippen molar-refractivity contribution in [1.29, 1.82) is 5.26 Å². The van der Waals surface area contributed by atoms with Crippen molar-refractivity contribution in [2.24, 2.45) is 5.73 Å². The number of ether oxygens (including phenoxy) is 4. The normalized spacial score (nSPS) is 13.9. The number of carbonyl (C=O) groups excluding carboxylic acids is 1. The average Bonchev–Trinajstić information content (AvgIpc) is 3.04. The van der Waals surface area contributed by atoms with Gasteiger partial charge in [0.2, 0.25) is 5.88 Å². The molecule has 0 bridgehead atoms. The van der Waals surface area contributed by atoms with Gasteiger partial charge in [0.15, 0.2) is 11.5 Å². The van der Waals surface area contributed by atoms with Gasteiger partial charge < -0.3 is 24.7 Å². The van der Waals surface area contributed by atoms with Gasteiger partial charge in [-0.3, -0.25) is 4.79 Å². The van der Waals surface area contributed by atoms with Crippen LogP contribution in [0.3, 0.4) is 0 Å². The zero-order valence-electron chi connectivity index (χ0n) is 24.4. The largest absolute Gasteiger partial charge is 0.493 e. The molecule has 1 unspecified atom stereocenters. The molecule has 6 rings (SSSR count). The van der Waals surface area contributed by atoms with E-state index in [4.69, 9.17) is 24.7 Å². The Morgan fingerprint density at radius 2 is 1.73 bits per heavy atom. The molecule has 0 amide bonds. The molecule has 5 aromatic rings. The molecule has 1 atom stereocenters. The van der Waals surface area contributed by atoms with E-state index in [-0.39, 0.29) is 17.9 Å². The summed E-state index contributed by atoms with van der Waals surface area (Å²) in [6.45, 7) is 2.42. The molecule has 2 N–H and O–H groups in total. The molecule has 1 aliphatic rings. The van der Waals surface area contributed by atoms with Gasteiger partial charge in [-0.15, -0.1) is 0 Å². The first-order chi connectivity index (χ1) is 21.4. The SMILES string of the molecule is COc1cc(C2C(C#N)=C(N)Oc3cc(OC(=O)Cc4cccc5ccccc45)ccc32)ccc1OCc1ccc(C)cc1. The molecule has 218 valence electrons. The van der Waals surface area contributed by atoms with Crippen LogP contribution < -0.4 is 24.7 Å².